The predicted molar refractivity (Wildman–Crippen MR) is 92.6 cm³/mol. The first-order valence-corrected chi connectivity index (χ1v) is 9.28. The van der Waals surface area contributed by atoms with E-state index >= 15 is 0 Å². The SMILES string of the molecule is Cl.NC1(C(=O)Nc2ccc(F)c(S(=O)(=O)NC3CC3)c2)CCOCC1. The van der Waals surface area contributed by atoms with Gasteiger partial charge in [0, 0.05) is 24.9 Å². The van der Waals surface area contributed by atoms with Crippen molar-refractivity contribution in [2.75, 3.05) is 18.5 Å². The van der Waals surface area contributed by atoms with E-state index in [9.17, 15) is 17.6 Å². The number of anilines is 1. The quantitative estimate of drug-likeness (QED) is 0.694. The Kier molecular flexibility index (Phi) is 6.05. The van der Waals surface area contributed by atoms with Crippen LogP contribution in [0.4, 0.5) is 10.1 Å². The Morgan fingerprint density at radius 2 is 1.92 bits per heavy atom. The number of carbonyl (C=O) groups is 1. The Morgan fingerprint density at radius 1 is 1.28 bits per heavy atom. The summed E-state index contributed by atoms with van der Waals surface area (Å²) in [5.41, 5.74) is 5.20. The topological polar surface area (TPSA) is 111 Å². The average Bonchev–Trinajstić information content (AvgIpc) is 3.33. The predicted octanol–water partition coefficient (Wildman–Crippen LogP) is 1.13. The molecule has 1 aromatic rings. The van der Waals surface area contributed by atoms with Gasteiger partial charge in [0.25, 0.3) is 0 Å². The molecule has 1 saturated carbocycles. The Bertz CT molecular complexity index is 749. The van der Waals surface area contributed by atoms with E-state index in [1.807, 2.05) is 0 Å². The lowest BCUT2D eigenvalue weighted by Gasteiger charge is -2.31. The molecule has 4 N–H and O–H groups in total. The van der Waals surface area contributed by atoms with Gasteiger partial charge in [0.15, 0.2) is 0 Å². The van der Waals surface area contributed by atoms with Crippen LogP contribution in [0.3, 0.4) is 0 Å². The second-order valence-electron chi connectivity index (χ2n) is 6.26. The van der Waals surface area contributed by atoms with Gasteiger partial charge in [-0.05, 0) is 43.9 Å². The number of nitrogens with two attached hydrogens (primary N) is 1. The van der Waals surface area contributed by atoms with Gasteiger partial charge in [0.05, 0.1) is 0 Å². The largest absolute Gasteiger partial charge is 0.381 e. The zero-order chi connectivity index (χ0) is 17.4. The van der Waals surface area contributed by atoms with E-state index in [0.717, 1.165) is 25.0 Å². The lowest BCUT2D eigenvalue weighted by atomic mass is 9.90. The second kappa shape index (κ2) is 7.55. The van der Waals surface area contributed by atoms with Crippen LogP contribution in [0, 0.1) is 5.82 Å². The Labute approximate surface area is 151 Å². The third-order valence-electron chi connectivity index (χ3n) is 4.21. The number of hydrogen-bond donors (Lipinski definition) is 3. The van der Waals surface area contributed by atoms with Crippen LogP contribution < -0.4 is 15.8 Å². The van der Waals surface area contributed by atoms with Gasteiger partial charge in [-0.3, -0.25) is 4.79 Å². The van der Waals surface area contributed by atoms with Crippen molar-refractivity contribution in [2.24, 2.45) is 5.73 Å². The van der Waals surface area contributed by atoms with Crippen molar-refractivity contribution in [1.29, 1.82) is 0 Å². The van der Waals surface area contributed by atoms with E-state index < -0.39 is 32.2 Å². The highest BCUT2D eigenvalue weighted by Crippen LogP contribution is 2.26. The Hall–Kier alpha value is -1.26. The monoisotopic (exact) mass is 393 g/mol. The molecule has 0 bridgehead atoms. The maximum atomic E-state index is 13.9. The van der Waals surface area contributed by atoms with Gasteiger partial charge in [-0.1, -0.05) is 0 Å². The van der Waals surface area contributed by atoms with E-state index in [4.69, 9.17) is 10.5 Å². The van der Waals surface area contributed by atoms with Crippen molar-refractivity contribution in [3.8, 4) is 0 Å². The van der Waals surface area contributed by atoms with Gasteiger partial charge in [0.1, 0.15) is 16.3 Å². The molecule has 10 heteroatoms. The van der Waals surface area contributed by atoms with Crippen LogP contribution >= 0.6 is 12.4 Å². The van der Waals surface area contributed by atoms with Crippen molar-refractivity contribution in [2.45, 2.75) is 42.2 Å². The highest BCUT2D eigenvalue weighted by atomic mass is 35.5. The molecule has 3 rings (SSSR count). The van der Waals surface area contributed by atoms with E-state index in [0.29, 0.717) is 26.1 Å². The van der Waals surface area contributed by atoms with Crippen molar-refractivity contribution < 1.29 is 22.3 Å². The summed E-state index contributed by atoms with van der Waals surface area (Å²) in [4.78, 5) is 11.9. The van der Waals surface area contributed by atoms with Crippen molar-refractivity contribution >= 4 is 34.0 Å². The summed E-state index contributed by atoms with van der Waals surface area (Å²) in [7, 11) is -3.95. The van der Waals surface area contributed by atoms with Crippen LogP contribution in [0.1, 0.15) is 25.7 Å². The fraction of sp³-hybridized carbons (Fsp3) is 0.533. The minimum Gasteiger partial charge on any atom is -0.381 e. The molecule has 1 saturated heterocycles. The maximum absolute atomic E-state index is 13.9. The molecule has 1 aromatic carbocycles. The highest BCUT2D eigenvalue weighted by Gasteiger charge is 2.36. The summed E-state index contributed by atoms with van der Waals surface area (Å²) in [6.07, 6.45) is 2.23. The summed E-state index contributed by atoms with van der Waals surface area (Å²) in [5.74, 6) is -1.30. The van der Waals surface area contributed by atoms with Crippen LogP contribution in [0.5, 0.6) is 0 Å². The summed E-state index contributed by atoms with van der Waals surface area (Å²) < 4.78 is 45.9. The molecule has 25 heavy (non-hydrogen) atoms. The van der Waals surface area contributed by atoms with Crippen LogP contribution in [0.25, 0.3) is 0 Å². The molecule has 140 valence electrons. The number of hydrogen-bond acceptors (Lipinski definition) is 5. The summed E-state index contributed by atoms with van der Waals surface area (Å²) in [5, 5.41) is 2.58. The molecule has 1 aliphatic carbocycles. The minimum atomic E-state index is -3.95. The zero-order valence-electron chi connectivity index (χ0n) is 13.5. The molecule has 0 spiro atoms. The highest BCUT2D eigenvalue weighted by molar-refractivity contribution is 7.89. The molecule has 0 aromatic heterocycles. The number of carbonyl (C=O) groups excluding carboxylic acids is 1. The molecular weight excluding hydrogens is 373 g/mol. The van der Waals surface area contributed by atoms with Crippen LogP contribution in [0.15, 0.2) is 23.1 Å². The fourth-order valence-electron chi connectivity index (χ4n) is 2.49. The first kappa shape index (κ1) is 20.1. The number of rotatable bonds is 5. The molecule has 0 radical (unpaired) electrons. The molecule has 7 nitrogen and oxygen atoms in total. The van der Waals surface area contributed by atoms with Gasteiger partial charge in [-0.2, -0.15) is 0 Å². The van der Waals surface area contributed by atoms with Crippen molar-refractivity contribution in [1.82, 2.24) is 4.72 Å². The summed E-state index contributed by atoms with van der Waals surface area (Å²) in [6.45, 7) is 0.774. The molecule has 0 unspecified atom stereocenters. The molecular formula is C15H21ClFN3O4S. The van der Waals surface area contributed by atoms with Gasteiger partial charge in [-0.15, -0.1) is 12.4 Å². The number of halogens is 2. The van der Waals surface area contributed by atoms with E-state index in [2.05, 4.69) is 10.0 Å². The third kappa shape index (κ3) is 4.68. The first-order valence-electron chi connectivity index (χ1n) is 7.80. The van der Waals surface area contributed by atoms with Gasteiger partial charge >= 0.3 is 0 Å². The van der Waals surface area contributed by atoms with Gasteiger partial charge in [-0.25, -0.2) is 17.5 Å². The smallest absolute Gasteiger partial charge is 0.244 e. The van der Waals surface area contributed by atoms with E-state index in [1.54, 1.807) is 0 Å². The number of amides is 1. The van der Waals surface area contributed by atoms with Gasteiger partial charge in [0.2, 0.25) is 15.9 Å². The number of nitrogens with one attached hydrogen (secondary N) is 2. The lowest BCUT2D eigenvalue weighted by Crippen LogP contribution is -2.54. The van der Waals surface area contributed by atoms with Crippen LogP contribution in [0.2, 0.25) is 0 Å². The molecule has 1 aliphatic heterocycles. The minimum absolute atomic E-state index is 0. The number of benzene rings is 1. The normalized spacial score (nSPS) is 19.8. The summed E-state index contributed by atoms with van der Waals surface area (Å²) in [6, 6.07) is 3.30. The molecule has 1 heterocycles. The molecule has 0 atom stereocenters. The average molecular weight is 394 g/mol. The van der Waals surface area contributed by atoms with Crippen LogP contribution in [-0.2, 0) is 19.6 Å². The maximum Gasteiger partial charge on any atom is 0.244 e. The molecule has 1 amide bonds. The number of sulfonamides is 1. The van der Waals surface area contributed by atoms with E-state index in [-0.39, 0.29) is 24.1 Å². The number of ether oxygens (including phenoxy) is 1. The molecule has 2 aliphatic rings. The van der Waals surface area contributed by atoms with Crippen LogP contribution in [-0.4, -0.2) is 39.1 Å². The Morgan fingerprint density at radius 3 is 2.52 bits per heavy atom. The van der Waals surface area contributed by atoms with Gasteiger partial charge < -0.3 is 15.8 Å². The van der Waals surface area contributed by atoms with Crippen molar-refractivity contribution in [3.63, 3.8) is 0 Å². The first-order chi connectivity index (χ1) is 11.3. The third-order valence-corrected chi connectivity index (χ3v) is 5.75. The molecule has 2 fully saturated rings. The summed E-state index contributed by atoms with van der Waals surface area (Å²) >= 11 is 0. The second-order valence-corrected chi connectivity index (χ2v) is 7.95. The standard InChI is InChI=1S/C15H20FN3O4S.ClH/c16-12-4-3-11(9-13(12)24(21,22)19-10-1-2-10)18-14(20)15(17)5-7-23-8-6-15;/h3-4,9-10,19H,1-2,5-8,17H2,(H,18,20);1H. The van der Waals surface area contributed by atoms with E-state index in [1.165, 1.54) is 6.07 Å². The van der Waals surface area contributed by atoms with Crippen molar-refractivity contribution in [3.05, 3.63) is 24.0 Å². The zero-order valence-corrected chi connectivity index (χ0v) is 15.1. The Balaban J connectivity index is 0.00000225. The lowest BCUT2D eigenvalue weighted by molar-refractivity contribution is -0.124. The fourth-order valence-corrected chi connectivity index (χ4v) is 3.90.